The molecule has 0 aliphatic carbocycles. The fourth-order valence-corrected chi connectivity index (χ4v) is 1.73. The second kappa shape index (κ2) is 3.84. The first-order valence-corrected chi connectivity index (χ1v) is 5.07. The second-order valence-electron chi connectivity index (χ2n) is 3.07. The Morgan fingerprint density at radius 2 is 2.21 bits per heavy atom. The summed E-state index contributed by atoms with van der Waals surface area (Å²) in [5.74, 6) is 0.556. The molecule has 4 heteroatoms. The topological polar surface area (TPSA) is 43.8 Å². The van der Waals surface area contributed by atoms with Crippen LogP contribution in [0.5, 0.6) is 0 Å². The molecule has 0 saturated heterocycles. The van der Waals surface area contributed by atoms with Gasteiger partial charge in [0.05, 0.1) is 6.54 Å². The molecule has 2 aromatic rings. The molecule has 1 aromatic heterocycles. The van der Waals surface area contributed by atoms with E-state index in [9.17, 15) is 0 Å². The van der Waals surface area contributed by atoms with Crippen LogP contribution >= 0.6 is 15.9 Å². The zero-order chi connectivity index (χ0) is 9.97. The minimum absolute atomic E-state index is 0.556. The quantitative estimate of drug-likeness (QED) is 0.890. The van der Waals surface area contributed by atoms with E-state index in [-0.39, 0.29) is 0 Å². The second-order valence-corrected chi connectivity index (χ2v) is 3.98. The maximum Gasteiger partial charge on any atom is 0.145 e. The lowest BCUT2D eigenvalue weighted by Gasteiger charge is -2.01. The maximum absolute atomic E-state index is 5.52. The van der Waals surface area contributed by atoms with Crippen molar-refractivity contribution in [2.24, 2.45) is 0 Å². The van der Waals surface area contributed by atoms with E-state index in [0.29, 0.717) is 5.82 Å². The average Bonchev–Trinajstić information content (AvgIpc) is 2.51. The number of nitrogens with two attached hydrogens (primary N) is 1. The molecule has 2 rings (SSSR count). The zero-order valence-corrected chi connectivity index (χ0v) is 9.11. The van der Waals surface area contributed by atoms with E-state index < -0.39 is 0 Å². The van der Waals surface area contributed by atoms with E-state index >= 15 is 0 Å². The van der Waals surface area contributed by atoms with Crippen molar-refractivity contribution in [2.75, 3.05) is 5.73 Å². The molecule has 1 heterocycles. The van der Waals surface area contributed by atoms with E-state index in [2.05, 4.69) is 33.2 Å². The highest BCUT2D eigenvalue weighted by Crippen LogP contribution is 2.12. The van der Waals surface area contributed by atoms with Crippen molar-refractivity contribution in [1.82, 2.24) is 9.78 Å². The number of nitrogens with zero attached hydrogens (tertiary/aromatic N) is 2. The summed E-state index contributed by atoms with van der Waals surface area (Å²) in [5.41, 5.74) is 6.72. The number of anilines is 1. The molecule has 3 nitrogen and oxygen atoms in total. The Hall–Kier alpha value is -1.29. The van der Waals surface area contributed by atoms with Crippen LogP contribution in [0.15, 0.2) is 41.0 Å². The van der Waals surface area contributed by atoms with Crippen LogP contribution in [0.4, 0.5) is 5.82 Å². The summed E-state index contributed by atoms with van der Waals surface area (Å²) < 4.78 is 2.90. The molecule has 1 aromatic carbocycles. The molecule has 0 aliphatic heterocycles. The smallest absolute Gasteiger partial charge is 0.145 e. The summed E-state index contributed by atoms with van der Waals surface area (Å²) in [5, 5.41) is 4.11. The SMILES string of the molecule is Nc1ccn(Cc2cccc(Br)c2)n1. The Kier molecular flexibility index (Phi) is 2.54. The number of hydrogen-bond acceptors (Lipinski definition) is 2. The summed E-state index contributed by atoms with van der Waals surface area (Å²) in [6, 6.07) is 9.92. The summed E-state index contributed by atoms with van der Waals surface area (Å²) in [4.78, 5) is 0. The summed E-state index contributed by atoms with van der Waals surface area (Å²) in [7, 11) is 0. The lowest BCUT2D eigenvalue weighted by atomic mass is 10.2. The number of hydrogen-bond donors (Lipinski definition) is 1. The third-order valence-corrected chi connectivity index (χ3v) is 2.39. The molecule has 0 aliphatic rings. The molecule has 0 radical (unpaired) electrons. The summed E-state index contributed by atoms with van der Waals surface area (Å²) in [6.45, 7) is 0.747. The van der Waals surface area contributed by atoms with Gasteiger partial charge in [0.1, 0.15) is 5.82 Å². The van der Waals surface area contributed by atoms with E-state index in [1.807, 2.05) is 23.0 Å². The third-order valence-electron chi connectivity index (χ3n) is 1.89. The number of benzene rings is 1. The van der Waals surface area contributed by atoms with Crippen molar-refractivity contribution in [2.45, 2.75) is 6.54 Å². The lowest BCUT2D eigenvalue weighted by molar-refractivity contribution is 0.690. The highest BCUT2D eigenvalue weighted by atomic mass is 79.9. The summed E-state index contributed by atoms with van der Waals surface area (Å²) in [6.07, 6.45) is 1.87. The van der Waals surface area contributed by atoms with Crippen LogP contribution in [-0.2, 0) is 6.54 Å². The molecule has 0 saturated carbocycles. The van der Waals surface area contributed by atoms with Gasteiger partial charge in [-0.05, 0) is 23.8 Å². The highest BCUT2D eigenvalue weighted by molar-refractivity contribution is 9.10. The molecule has 0 fully saturated rings. The largest absolute Gasteiger partial charge is 0.382 e. The predicted octanol–water partition coefficient (Wildman–Crippen LogP) is 2.28. The number of rotatable bonds is 2. The first kappa shape index (κ1) is 9.27. The van der Waals surface area contributed by atoms with Gasteiger partial charge in [-0.25, -0.2) is 0 Å². The minimum atomic E-state index is 0.556. The van der Waals surface area contributed by atoms with E-state index in [1.54, 1.807) is 6.07 Å². The molecule has 0 amide bonds. The monoisotopic (exact) mass is 251 g/mol. The standard InChI is InChI=1S/C10H10BrN3/c11-9-3-1-2-8(6-9)7-14-5-4-10(12)13-14/h1-6H,7H2,(H2,12,13). The van der Waals surface area contributed by atoms with Crippen LogP contribution in [0, 0.1) is 0 Å². The van der Waals surface area contributed by atoms with Crippen LogP contribution in [0.2, 0.25) is 0 Å². The zero-order valence-electron chi connectivity index (χ0n) is 7.52. The van der Waals surface area contributed by atoms with Crippen molar-refractivity contribution in [3.05, 3.63) is 46.6 Å². The normalized spacial score (nSPS) is 10.4. The lowest BCUT2D eigenvalue weighted by Crippen LogP contribution is -2.00. The number of halogens is 1. The fourth-order valence-electron chi connectivity index (χ4n) is 1.29. The van der Waals surface area contributed by atoms with Crippen LogP contribution < -0.4 is 5.73 Å². The van der Waals surface area contributed by atoms with Gasteiger partial charge in [-0.2, -0.15) is 5.10 Å². The Bertz CT molecular complexity index is 436. The van der Waals surface area contributed by atoms with Crippen molar-refractivity contribution in [3.63, 3.8) is 0 Å². The number of nitrogen functional groups attached to an aromatic ring is 1. The Morgan fingerprint density at radius 3 is 2.86 bits per heavy atom. The molecule has 0 spiro atoms. The maximum atomic E-state index is 5.52. The summed E-state index contributed by atoms with van der Waals surface area (Å²) >= 11 is 3.43. The van der Waals surface area contributed by atoms with Gasteiger partial charge in [0.25, 0.3) is 0 Å². The molecule has 2 N–H and O–H groups in total. The van der Waals surface area contributed by atoms with Gasteiger partial charge in [-0.1, -0.05) is 28.1 Å². The Morgan fingerprint density at radius 1 is 1.36 bits per heavy atom. The molecular weight excluding hydrogens is 242 g/mol. The molecule has 0 atom stereocenters. The number of aromatic nitrogens is 2. The van der Waals surface area contributed by atoms with Gasteiger partial charge in [-0.15, -0.1) is 0 Å². The van der Waals surface area contributed by atoms with Crippen LogP contribution in [-0.4, -0.2) is 9.78 Å². The minimum Gasteiger partial charge on any atom is -0.382 e. The average molecular weight is 252 g/mol. The Balaban J connectivity index is 2.18. The van der Waals surface area contributed by atoms with E-state index in [0.717, 1.165) is 11.0 Å². The van der Waals surface area contributed by atoms with Crippen LogP contribution in [0.1, 0.15) is 5.56 Å². The fraction of sp³-hybridized carbons (Fsp3) is 0.100. The molecule has 0 bridgehead atoms. The van der Waals surface area contributed by atoms with Crippen molar-refractivity contribution < 1.29 is 0 Å². The van der Waals surface area contributed by atoms with Crippen molar-refractivity contribution in [1.29, 1.82) is 0 Å². The van der Waals surface area contributed by atoms with Gasteiger partial charge in [-0.3, -0.25) is 4.68 Å². The van der Waals surface area contributed by atoms with Crippen molar-refractivity contribution in [3.8, 4) is 0 Å². The first-order chi connectivity index (χ1) is 6.74. The van der Waals surface area contributed by atoms with Crippen LogP contribution in [0.25, 0.3) is 0 Å². The van der Waals surface area contributed by atoms with Crippen molar-refractivity contribution >= 4 is 21.7 Å². The highest BCUT2D eigenvalue weighted by Gasteiger charge is 1.97. The first-order valence-electron chi connectivity index (χ1n) is 4.27. The van der Waals surface area contributed by atoms with Gasteiger partial charge in [0, 0.05) is 10.7 Å². The van der Waals surface area contributed by atoms with Crippen LogP contribution in [0.3, 0.4) is 0 Å². The molecule has 0 unspecified atom stereocenters. The third kappa shape index (κ3) is 2.14. The molecule has 14 heavy (non-hydrogen) atoms. The van der Waals surface area contributed by atoms with Gasteiger partial charge < -0.3 is 5.73 Å². The predicted molar refractivity (Wildman–Crippen MR) is 59.9 cm³/mol. The van der Waals surface area contributed by atoms with E-state index in [4.69, 9.17) is 5.73 Å². The molecular formula is C10H10BrN3. The van der Waals surface area contributed by atoms with Gasteiger partial charge in [0.2, 0.25) is 0 Å². The Labute approximate surface area is 90.7 Å². The van der Waals surface area contributed by atoms with E-state index in [1.165, 1.54) is 5.56 Å². The van der Waals surface area contributed by atoms with Gasteiger partial charge in [0.15, 0.2) is 0 Å². The molecule has 72 valence electrons. The van der Waals surface area contributed by atoms with Gasteiger partial charge >= 0.3 is 0 Å².